The molecule has 0 N–H and O–H groups in total. The van der Waals surface area contributed by atoms with Gasteiger partial charge in [-0.3, -0.25) is 0 Å². The summed E-state index contributed by atoms with van der Waals surface area (Å²) in [6.07, 6.45) is 0.725. The zero-order valence-electron chi connectivity index (χ0n) is 13.9. The Bertz CT molecular complexity index is 1320. The number of hydrogen-bond acceptors (Lipinski definition) is 0. The van der Waals surface area contributed by atoms with E-state index in [9.17, 15) is 17.6 Å². The molecule has 0 amide bonds. The van der Waals surface area contributed by atoms with E-state index in [1.807, 2.05) is 34.9 Å². The average Bonchev–Trinajstić information content (AvgIpc) is 3.21. The first kappa shape index (κ1) is 15.0. The zero-order valence-corrected chi connectivity index (χ0v) is 13.9. The van der Waals surface area contributed by atoms with Gasteiger partial charge in [0.05, 0.1) is 17.8 Å². The number of nitrogens with zero attached hydrogens (tertiary/aromatic N) is 1. The van der Waals surface area contributed by atoms with E-state index in [1.54, 1.807) is 12.1 Å². The minimum absolute atomic E-state index is 0.0353. The molecular formula is C22H11F4N. The van der Waals surface area contributed by atoms with Crippen molar-refractivity contribution in [3.63, 3.8) is 0 Å². The van der Waals surface area contributed by atoms with E-state index in [0.717, 1.165) is 34.1 Å². The molecule has 1 aliphatic heterocycles. The topological polar surface area (TPSA) is 4.93 Å². The van der Waals surface area contributed by atoms with Crippen molar-refractivity contribution in [2.75, 3.05) is 0 Å². The van der Waals surface area contributed by atoms with E-state index in [4.69, 9.17) is 0 Å². The number of benzene rings is 3. The van der Waals surface area contributed by atoms with Gasteiger partial charge in [0.1, 0.15) is 0 Å². The van der Waals surface area contributed by atoms with Crippen molar-refractivity contribution < 1.29 is 17.6 Å². The Morgan fingerprint density at radius 2 is 1.44 bits per heavy atom. The fourth-order valence-corrected chi connectivity index (χ4v) is 4.69. The predicted octanol–water partition coefficient (Wildman–Crippen LogP) is 5.80. The van der Waals surface area contributed by atoms with Crippen molar-refractivity contribution in [3.8, 4) is 22.4 Å². The molecule has 0 bridgehead atoms. The number of fused-ring (bicyclic) bond motifs is 7. The summed E-state index contributed by atoms with van der Waals surface area (Å²) < 4.78 is 58.9. The summed E-state index contributed by atoms with van der Waals surface area (Å²) in [6, 6.07) is 13.3. The van der Waals surface area contributed by atoms with Crippen LogP contribution in [0.15, 0.2) is 42.5 Å². The third-order valence-electron chi connectivity index (χ3n) is 5.78. The van der Waals surface area contributed by atoms with Crippen LogP contribution in [0.25, 0.3) is 33.3 Å². The van der Waals surface area contributed by atoms with Crippen LogP contribution in [-0.2, 0) is 13.0 Å². The van der Waals surface area contributed by atoms with Crippen LogP contribution in [0.5, 0.6) is 0 Å². The SMILES string of the molecule is Fc1c(F)c(F)c2c(c1F)Cn1c3c(c4cccc-2c41)Cc1ccccc1-3. The normalized spacial score (nSPS) is 13.6. The molecule has 0 radical (unpaired) electrons. The molecule has 5 heteroatoms. The molecule has 1 aromatic heterocycles. The van der Waals surface area contributed by atoms with E-state index >= 15 is 0 Å². The first-order valence-corrected chi connectivity index (χ1v) is 8.65. The highest BCUT2D eigenvalue weighted by molar-refractivity contribution is 6.04. The summed E-state index contributed by atoms with van der Waals surface area (Å²) in [5.74, 6) is -6.17. The molecule has 3 aromatic carbocycles. The van der Waals surface area contributed by atoms with Gasteiger partial charge in [-0.25, -0.2) is 17.6 Å². The van der Waals surface area contributed by atoms with E-state index in [2.05, 4.69) is 0 Å². The van der Waals surface area contributed by atoms with E-state index in [-0.39, 0.29) is 17.7 Å². The first-order valence-electron chi connectivity index (χ1n) is 8.65. The highest BCUT2D eigenvalue weighted by Crippen LogP contribution is 2.49. The van der Waals surface area contributed by atoms with E-state index in [0.29, 0.717) is 5.56 Å². The molecule has 2 heterocycles. The smallest absolute Gasteiger partial charge is 0.198 e. The van der Waals surface area contributed by atoms with Crippen LogP contribution >= 0.6 is 0 Å². The molecule has 0 saturated carbocycles. The molecule has 132 valence electrons. The predicted molar refractivity (Wildman–Crippen MR) is 94.6 cm³/mol. The number of para-hydroxylation sites is 1. The molecule has 27 heavy (non-hydrogen) atoms. The maximum atomic E-state index is 14.6. The number of aromatic nitrogens is 1. The van der Waals surface area contributed by atoms with Gasteiger partial charge in [-0.2, -0.15) is 0 Å². The molecule has 4 aromatic rings. The van der Waals surface area contributed by atoms with Crippen molar-refractivity contribution in [2.45, 2.75) is 13.0 Å². The van der Waals surface area contributed by atoms with Gasteiger partial charge in [-0.15, -0.1) is 0 Å². The van der Waals surface area contributed by atoms with Crippen molar-refractivity contribution in [3.05, 3.63) is 82.4 Å². The molecule has 6 rings (SSSR count). The lowest BCUT2D eigenvalue weighted by Crippen LogP contribution is -2.15. The Morgan fingerprint density at radius 1 is 0.704 bits per heavy atom. The number of halogens is 4. The molecule has 2 aliphatic rings. The lowest BCUT2D eigenvalue weighted by molar-refractivity contribution is 0.404. The monoisotopic (exact) mass is 365 g/mol. The summed E-state index contributed by atoms with van der Waals surface area (Å²) >= 11 is 0. The van der Waals surface area contributed by atoms with Crippen LogP contribution in [-0.4, -0.2) is 4.57 Å². The molecular weight excluding hydrogens is 354 g/mol. The second kappa shape index (κ2) is 4.80. The molecule has 0 fully saturated rings. The Kier molecular flexibility index (Phi) is 2.67. The van der Waals surface area contributed by atoms with Crippen molar-refractivity contribution in [1.29, 1.82) is 0 Å². The third kappa shape index (κ3) is 1.65. The Balaban J connectivity index is 1.79. The van der Waals surface area contributed by atoms with Crippen molar-refractivity contribution in [1.82, 2.24) is 4.57 Å². The zero-order chi connectivity index (χ0) is 18.4. The Morgan fingerprint density at radius 3 is 2.30 bits per heavy atom. The Hall–Kier alpha value is -3.08. The van der Waals surface area contributed by atoms with E-state index in [1.165, 1.54) is 5.56 Å². The van der Waals surface area contributed by atoms with Crippen LogP contribution in [0.3, 0.4) is 0 Å². The summed E-state index contributed by atoms with van der Waals surface area (Å²) in [5.41, 5.74) is 5.07. The first-order chi connectivity index (χ1) is 13.1. The molecule has 0 atom stereocenters. The van der Waals surface area contributed by atoms with Crippen LogP contribution in [0.2, 0.25) is 0 Å². The number of hydrogen-bond donors (Lipinski definition) is 0. The molecule has 1 nitrogen and oxygen atoms in total. The van der Waals surface area contributed by atoms with Gasteiger partial charge in [0.25, 0.3) is 0 Å². The summed E-state index contributed by atoms with van der Waals surface area (Å²) in [4.78, 5) is 0. The van der Waals surface area contributed by atoms with Crippen LogP contribution in [0.4, 0.5) is 17.6 Å². The number of rotatable bonds is 0. The maximum Gasteiger partial charge on any atom is 0.198 e. The van der Waals surface area contributed by atoms with Crippen molar-refractivity contribution >= 4 is 10.9 Å². The third-order valence-corrected chi connectivity index (χ3v) is 5.78. The fourth-order valence-electron chi connectivity index (χ4n) is 4.69. The highest BCUT2D eigenvalue weighted by Gasteiger charge is 2.35. The van der Waals surface area contributed by atoms with Gasteiger partial charge >= 0.3 is 0 Å². The van der Waals surface area contributed by atoms with Gasteiger partial charge in [-0.05, 0) is 11.1 Å². The second-order valence-electron chi connectivity index (χ2n) is 7.06. The lowest BCUT2D eigenvalue weighted by atomic mass is 9.93. The Labute approximate surface area is 151 Å². The second-order valence-corrected chi connectivity index (χ2v) is 7.06. The van der Waals surface area contributed by atoms with Gasteiger partial charge in [0.2, 0.25) is 0 Å². The summed E-state index contributed by atoms with van der Waals surface area (Å²) in [7, 11) is 0. The quantitative estimate of drug-likeness (QED) is 0.182. The minimum atomic E-state index is -1.76. The van der Waals surface area contributed by atoms with Gasteiger partial charge in [0, 0.05) is 34.1 Å². The van der Waals surface area contributed by atoms with Gasteiger partial charge in [-0.1, -0.05) is 42.5 Å². The van der Waals surface area contributed by atoms with Crippen LogP contribution in [0, 0.1) is 23.3 Å². The van der Waals surface area contributed by atoms with Crippen LogP contribution in [0.1, 0.15) is 16.7 Å². The van der Waals surface area contributed by atoms with Gasteiger partial charge in [0.15, 0.2) is 23.3 Å². The standard InChI is InChI=1S/C22H11F4N/c23-17-15-9-27-21-11-5-2-1-4-10(11)8-14(21)12-6-3-7-13(22(12)27)16(15)18(24)20(26)19(17)25/h1-7H,8-9H2. The molecule has 1 aliphatic carbocycles. The average molecular weight is 365 g/mol. The van der Waals surface area contributed by atoms with Crippen molar-refractivity contribution in [2.24, 2.45) is 0 Å². The molecule has 0 unspecified atom stereocenters. The molecule has 0 spiro atoms. The minimum Gasteiger partial charge on any atom is -0.335 e. The van der Waals surface area contributed by atoms with Crippen LogP contribution < -0.4 is 0 Å². The summed E-state index contributed by atoms with van der Waals surface area (Å²) in [6.45, 7) is -0.0353. The highest BCUT2D eigenvalue weighted by atomic mass is 19.2. The van der Waals surface area contributed by atoms with Gasteiger partial charge < -0.3 is 4.57 Å². The molecule has 0 saturated heterocycles. The lowest BCUT2D eigenvalue weighted by Gasteiger charge is -2.23. The fraction of sp³-hybridized carbons (Fsp3) is 0.0909. The van der Waals surface area contributed by atoms with E-state index < -0.39 is 23.3 Å². The largest absolute Gasteiger partial charge is 0.335 e. The summed E-state index contributed by atoms with van der Waals surface area (Å²) in [5, 5.41) is 0.939. The maximum absolute atomic E-state index is 14.6.